The SMILES string of the molecule is COc1cc(C(=O)N2CC3CCC2[C@@H]3N)cc2nc(-c3cc4ccc(-c5ccc6c(c5)CC(NC(C)=O)C6)nc4n3CC3CC3)n(C)c12. The lowest BCUT2D eigenvalue weighted by molar-refractivity contribution is -0.119. The van der Waals surface area contributed by atoms with E-state index in [0.29, 0.717) is 23.1 Å². The molecule has 4 aliphatic rings. The molecule has 5 aromatic rings. The highest BCUT2D eigenvalue weighted by molar-refractivity contribution is 6.00. The van der Waals surface area contributed by atoms with Gasteiger partial charge in [-0.3, -0.25) is 9.59 Å². The number of ether oxygens (including phenoxy) is 1. The molecule has 48 heavy (non-hydrogen) atoms. The van der Waals surface area contributed by atoms with Crippen molar-refractivity contribution in [2.45, 2.75) is 70.1 Å². The summed E-state index contributed by atoms with van der Waals surface area (Å²) in [5, 5.41) is 4.14. The number of pyridine rings is 1. The second-order valence-electron chi connectivity index (χ2n) is 14.5. The number of imidazole rings is 1. The number of hydrogen-bond acceptors (Lipinski definition) is 6. The van der Waals surface area contributed by atoms with Crippen LogP contribution in [-0.2, 0) is 31.2 Å². The van der Waals surface area contributed by atoms with Gasteiger partial charge in [-0.25, -0.2) is 9.97 Å². The summed E-state index contributed by atoms with van der Waals surface area (Å²) in [5.41, 5.74) is 15.1. The van der Waals surface area contributed by atoms with Crippen molar-refractivity contribution < 1.29 is 14.3 Å². The number of nitrogens with two attached hydrogens (primary N) is 1. The van der Waals surface area contributed by atoms with Crippen molar-refractivity contribution in [3.8, 4) is 28.5 Å². The summed E-state index contributed by atoms with van der Waals surface area (Å²) < 4.78 is 10.3. The number of likely N-dealkylation sites (tertiary alicyclic amines) is 1. The number of aromatic nitrogens is 4. The minimum Gasteiger partial charge on any atom is -0.494 e. The lowest BCUT2D eigenvalue weighted by Gasteiger charge is -2.27. The van der Waals surface area contributed by atoms with Crippen molar-refractivity contribution in [2.75, 3.05) is 13.7 Å². The zero-order chi connectivity index (χ0) is 32.8. The Kier molecular flexibility index (Phi) is 6.70. The zero-order valence-electron chi connectivity index (χ0n) is 27.7. The van der Waals surface area contributed by atoms with E-state index in [0.717, 1.165) is 83.6 Å². The van der Waals surface area contributed by atoms with E-state index in [1.807, 2.05) is 24.1 Å². The minimum absolute atomic E-state index is 0.00169. The Morgan fingerprint density at radius 1 is 1.00 bits per heavy atom. The molecule has 3 fully saturated rings. The van der Waals surface area contributed by atoms with Gasteiger partial charge in [-0.1, -0.05) is 12.1 Å². The smallest absolute Gasteiger partial charge is 0.254 e. The molecule has 4 heterocycles. The van der Waals surface area contributed by atoms with Gasteiger partial charge in [0.05, 0.1) is 24.0 Å². The molecule has 246 valence electrons. The predicted octanol–water partition coefficient (Wildman–Crippen LogP) is 4.84. The lowest BCUT2D eigenvalue weighted by atomic mass is 10.0. The van der Waals surface area contributed by atoms with Crippen LogP contribution in [0.3, 0.4) is 0 Å². The van der Waals surface area contributed by atoms with E-state index in [-0.39, 0.29) is 29.9 Å². The number of benzene rings is 2. The topological polar surface area (TPSA) is 120 Å². The maximum atomic E-state index is 13.8. The van der Waals surface area contributed by atoms with Gasteiger partial charge in [0.1, 0.15) is 16.9 Å². The molecule has 0 radical (unpaired) electrons. The van der Waals surface area contributed by atoms with Crippen molar-refractivity contribution >= 4 is 33.9 Å². The number of rotatable bonds is 7. The van der Waals surface area contributed by atoms with E-state index in [9.17, 15) is 9.59 Å². The molecule has 3 aromatic heterocycles. The van der Waals surface area contributed by atoms with Crippen molar-refractivity contribution in [2.24, 2.45) is 24.6 Å². The highest BCUT2D eigenvalue weighted by Gasteiger charge is 2.47. The van der Waals surface area contributed by atoms with E-state index in [2.05, 4.69) is 50.8 Å². The molecule has 1 aliphatic heterocycles. The molecule has 3 unspecified atom stereocenters. The summed E-state index contributed by atoms with van der Waals surface area (Å²) in [5.74, 6) is 2.47. The van der Waals surface area contributed by atoms with Crippen LogP contribution < -0.4 is 15.8 Å². The van der Waals surface area contributed by atoms with Gasteiger partial charge in [0, 0.05) is 61.7 Å². The maximum Gasteiger partial charge on any atom is 0.254 e. The predicted molar refractivity (Wildman–Crippen MR) is 185 cm³/mol. The molecule has 0 spiro atoms. The minimum atomic E-state index is 0.00169. The standard InChI is InChI=1S/C38H41N7O3/c1-20(46)40-28-13-22-6-7-23(12-26(22)14-28)29-10-8-24-16-32(44(36(24)41-29)18-21-4-5-21)37-42-30-15-27(17-33(48-3)35(30)43(37)2)38(47)45-19-25-9-11-31(45)34(25)39/h6-8,10,12,15-17,21,25,28,31,34H,4-5,9,11,13-14,18-19,39H2,1-3H3,(H,40,46)/t25?,28?,31?,34-/m1/s1. The zero-order valence-corrected chi connectivity index (χ0v) is 27.7. The highest BCUT2D eigenvalue weighted by atomic mass is 16.5. The van der Waals surface area contributed by atoms with Gasteiger partial charge < -0.3 is 29.8 Å². The van der Waals surface area contributed by atoms with Crippen LogP contribution in [0.2, 0.25) is 0 Å². The monoisotopic (exact) mass is 643 g/mol. The second kappa shape index (κ2) is 10.9. The quantitative estimate of drug-likeness (QED) is 0.262. The fourth-order valence-electron chi connectivity index (χ4n) is 8.65. The summed E-state index contributed by atoms with van der Waals surface area (Å²) in [6, 6.07) is 17.1. The van der Waals surface area contributed by atoms with E-state index in [1.54, 1.807) is 14.0 Å². The fourth-order valence-corrected chi connectivity index (χ4v) is 8.65. The summed E-state index contributed by atoms with van der Waals surface area (Å²) >= 11 is 0. The normalized spacial score (nSPS) is 23.0. The van der Waals surface area contributed by atoms with Crippen LogP contribution in [-0.4, -0.2) is 67.6 Å². The molecule has 2 bridgehead atoms. The van der Waals surface area contributed by atoms with Gasteiger partial charge in [0.25, 0.3) is 5.91 Å². The van der Waals surface area contributed by atoms with Crippen molar-refractivity contribution in [3.05, 3.63) is 65.2 Å². The van der Waals surface area contributed by atoms with Crippen LogP contribution in [0.15, 0.2) is 48.5 Å². The summed E-state index contributed by atoms with van der Waals surface area (Å²) in [7, 11) is 3.67. The second-order valence-corrected chi connectivity index (χ2v) is 14.5. The number of carbonyl (C=O) groups excluding carboxylic acids is 2. The molecule has 10 heteroatoms. The Balaban J connectivity index is 1.10. The van der Waals surface area contributed by atoms with Crippen LogP contribution in [0.5, 0.6) is 5.75 Å². The Morgan fingerprint density at radius 2 is 1.83 bits per heavy atom. The van der Waals surface area contributed by atoms with E-state index in [1.165, 1.54) is 24.0 Å². The third-order valence-corrected chi connectivity index (χ3v) is 11.3. The molecular weight excluding hydrogens is 602 g/mol. The first-order valence-corrected chi connectivity index (χ1v) is 17.3. The van der Waals surface area contributed by atoms with Gasteiger partial charge in [-0.15, -0.1) is 0 Å². The average molecular weight is 644 g/mol. The van der Waals surface area contributed by atoms with Crippen LogP contribution in [0.4, 0.5) is 0 Å². The lowest BCUT2D eigenvalue weighted by Crippen LogP contribution is -2.41. The number of nitrogens with one attached hydrogen (secondary N) is 1. The molecule has 3 aliphatic carbocycles. The molecule has 2 amide bonds. The van der Waals surface area contributed by atoms with E-state index < -0.39 is 0 Å². The van der Waals surface area contributed by atoms with Gasteiger partial charge in [0.2, 0.25) is 5.91 Å². The number of nitrogens with zero attached hydrogens (tertiary/aromatic N) is 5. The van der Waals surface area contributed by atoms with Crippen molar-refractivity contribution in [1.29, 1.82) is 0 Å². The largest absolute Gasteiger partial charge is 0.494 e. The van der Waals surface area contributed by atoms with Gasteiger partial charge >= 0.3 is 0 Å². The molecule has 9 rings (SSSR count). The molecular formula is C38H41N7O3. The molecule has 2 aromatic carbocycles. The van der Waals surface area contributed by atoms with Crippen molar-refractivity contribution in [1.82, 2.24) is 29.3 Å². The Labute approximate surface area is 279 Å². The molecule has 4 atom stereocenters. The van der Waals surface area contributed by atoms with Gasteiger partial charge in [-0.2, -0.15) is 0 Å². The molecule has 3 N–H and O–H groups in total. The summed E-state index contributed by atoms with van der Waals surface area (Å²) in [4.78, 5) is 37.8. The average Bonchev–Trinajstić information content (AvgIpc) is 3.30. The Morgan fingerprint density at radius 3 is 2.56 bits per heavy atom. The Bertz CT molecular complexity index is 2140. The first-order valence-electron chi connectivity index (χ1n) is 17.3. The van der Waals surface area contributed by atoms with Crippen LogP contribution in [0.25, 0.3) is 44.8 Å². The summed E-state index contributed by atoms with van der Waals surface area (Å²) in [6.07, 6.45) is 6.19. The third-order valence-electron chi connectivity index (χ3n) is 11.3. The van der Waals surface area contributed by atoms with Crippen LogP contribution in [0.1, 0.15) is 54.1 Å². The van der Waals surface area contributed by atoms with Gasteiger partial charge in [0.15, 0.2) is 5.82 Å². The first kappa shape index (κ1) is 29.4. The number of carbonyl (C=O) groups is 2. The molecule has 2 saturated carbocycles. The number of aryl methyl sites for hydroxylation is 1. The number of amides is 2. The van der Waals surface area contributed by atoms with E-state index in [4.69, 9.17) is 20.4 Å². The van der Waals surface area contributed by atoms with Crippen molar-refractivity contribution in [3.63, 3.8) is 0 Å². The Hall–Kier alpha value is -4.70. The molecule has 1 saturated heterocycles. The van der Waals surface area contributed by atoms with Crippen LogP contribution >= 0.6 is 0 Å². The number of hydrogen-bond donors (Lipinski definition) is 2. The third kappa shape index (κ3) is 4.71. The maximum absolute atomic E-state index is 13.8. The number of methoxy groups -OCH3 is 1. The van der Waals surface area contributed by atoms with E-state index >= 15 is 0 Å². The van der Waals surface area contributed by atoms with Gasteiger partial charge in [-0.05, 0) is 97.9 Å². The first-order chi connectivity index (χ1) is 23.2. The summed E-state index contributed by atoms with van der Waals surface area (Å²) in [6.45, 7) is 3.17. The number of piperidine rings is 1. The molecule has 10 nitrogen and oxygen atoms in total. The fraction of sp³-hybridized carbons (Fsp3) is 0.421. The van der Waals surface area contributed by atoms with Crippen LogP contribution in [0, 0.1) is 11.8 Å². The highest BCUT2D eigenvalue weighted by Crippen LogP contribution is 2.40. The number of fused-ring (bicyclic) bond motifs is 5.